The van der Waals surface area contributed by atoms with Crippen LogP contribution in [0.15, 0.2) is 12.2 Å². The summed E-state index contributed by atoms with van der Waals surface area (Å²) in [6.45, 7) is 8.21. The lowest BCUT2D eigenvalue weighted by atomic mass is 10.2. The summed E-state index contributed by atoms with van der Waals surface area (Å²) in [5.41, 5.74) is 0. The van der Waals surface area contributed by atoms with Crippen LogP contribution in [0.25, 0.3) is 0 Å². The van der Waals surface area contributed by atoms with Gasteiger partial charge < -0.3 is 0 Å². The van der Waals surface area contributed by atoms with Gasteiger partial charge in [0.2, 0.25) is 0 Å². The van der Waals surface area contributed by atoms with Gasteiger partial charge in [0.05, 0.1) is 6.07 Å². The maximum Gasteiger partial charge on any atom is 0.0652 e. The topological polar surface area (TPSA) is 23.8 Å². The SMILES string of the molecule is CCC(C)C#N.CCC=CCC. The number of hydrogen-bond acceptors (Lipinski definition) is 1. The first kappa shape index (κ1) is 13.8. The Morgan fingerprint density at radius 3 is 1.67 bits per heavy atom. The Morgan fingerprint density at radius 2 is 1.58 bits per heavy atom. The van der Waals surface area contributed by atoms with Crippen LogP contribution in [-0.2, 0) is 0 Å². The van der Waals surface area contributed by atoms with Crippen molar-refractivity contribution in [1.29, 1.82) is 5.26 Å². The highest BCUT2D eigenvalue weighted by molar-refractivity contribution is 4.77. The summed E-state index contributed by atoms with van der Waals surface area (Å²) < 4.78 is 0. The van der Waals surface area contributed by atoms with Gasteiger partial charge in [-0.2, -0.15) is 5.26 Å². The molecule has 0 saturated carbocycles. The lowest BCUT2D eigenvalue weighted by Gasteiger charge is -1.87. The molecule has 1 unspecified atom stereocenters. The van der Waals surface area contributed by atoms with Crippen molar-refractivity contribution < 1.29 is 0 Å². The van der Waals surface area contributed by atoms with Crippen LogP contribution < -0.4 is 0 Å². The van der Waals surface area contributed by atoms with Gasteiger partial charge in [0.25, 0.3) is 0 Å². The Balaban J connectivity index is 0. The van der Waals surface area contributed by atoms with Crippen LogP contribution in [0.3, 0.4) is 0 Å². The van der Waals surface area contributed by atoms with E-state index in [1.807, 2.05) is 13.8 Å². The highest BCUT2D eigenvalue weighted by Gasteiger charge is 1.88. The first-order valence-corrected chi connectivity index (χ1v) is 4.77. The van der Waals surface area contributed by atoms with E-state index < -0.39 is 0 Å². The van der Waals surface area contributed by atoms with Crippen LogP contribution >= 0.6 is 0 Å². The van der Waals surface area contributed by atoms with Gasteiger partial charge in [-0.1, -0.05) is 32.9 Å². The summed E-state index contributed by atoms with van der Waals surface area (Å²) in [5.74, 6) is 0.241. The van der Waals surface area contributed by atoms with E-state index in [4.69, 9.17) is 5.26 Å². The monoisotopic (exact) mass is 167 g/mol. The zero-order chi connectivity index (χ0) is 9.82. The summed E-state index contributed by atoms with van der Waals surface area (Å²) in [4.78, 5) is 0. The largest absolute Gasteiger partial charge is 0.198 e. The fraction of sp³-hybridized carbons (Fsp3) is 0.727. The Bertz CT molecular complexity index is 124. The van der Waals surface area contributed by atoms with Crippen molar-refractivity contribution in [2.24, 2.45) is 5.92 Å². The smallest absolute Gasteiger partial charge is 0.0652 e. The van der Waals surface area contributed by atoms with Gasteiger partial charge in [0.15, 0.2) is 0 Å². The maximum absolute atomic E-state index is 8.08. The molecule has 1 heteroatoms. The standard InChI is InChI=1S/C6H12.C5H9N/c1-3-5-6-4-2;1-3-5(2)4-6/h5-6H,3-4H2,1-2H3;5H,3H2,1-2H3. The molecule has 0 aliphatic heterocycles. The van der Waals surface area contributed by atoms with Crippen molar-refractivity contribution >= 4 is 0 Å². The molecule has 0 spiro atoms. The maximum atomic E-state index is 8.08. The molecule has 0 saturated heterocycles. The van der Waals surface area contributed by atoms with E-state index in [1.165, 1.54) is 12.8 Å². The van der Waals surface area contributed by atoms with E-state index in [0.29, 0.717) is 0 Å². The molecule has 12 heavy (non-hydrogen) atoms. The molecule has 0 bridgehead atoms. The Hall–Kier alpha value is -0.770. The minimum Gasteiger partial charge on any atom is -0.198 e. The predicted molar refractivity (Wildman–Crippen MR) is 54.8 cm³/mol. The van der Waals surface area contributed by atoms with E-state index in [9.17, 15) is 0 Å². The van der Waals surface area contributed by atoms with E-state index >= 15 is 0 Å². The van der Waals surface area contributed by atoms with Crippen molar-refractivity contribution in [3.63, 3.8) is 0 Å². The highest BCUT2D eigenvalue weighted by atomic mass is 14.2. The van der Waals surface area contributed by atoms with Crippen LogP contribution in [0, 0.1) is 17.2 Å². The first-order valence-electron chi connectivity index (χ1n) is 4.77. The van der Waals surface area contributed by atoms with Crippen LogP contribution in [-0.4, -0.2) is 0 Å². The molecule has 0 aliphatic carbocycles. The first-order chi connectivity index (χ1) is 5.72. The van der Waals surface area contributed by atoms with Gasteiger partial charge in [-0.15, -0.1) is 0 Å². The molecule has 0 aromatic carbocycles. The minimum atomic E-state index is 0.241. The molecule has 0 radical (unpaired) electrons. The molecule has 0 heterocycles. The molecular formula is C11H21N. The van der Waals surface area contributed by atoms with E-state index in [2.05, 4.69) is 32.1 Å². The van der Waals surface area contributed by atoms with Gasteiger partial charge in [0.1, 0.15) is 0 Å². The quantitative estimate of drug-likeness (QED) is 0.584. The van der Waals surface area contributed by atoms with Gasteiger partial charge in [-0.25, -0.2) is 0 Å². The highest BCUT2D eigenvalue weighted by Crippen LogP contribution is 1.94. The lowest BCUT2D eigenvalue weighted by molar-refractivity contribution is 0.713. The number of nitriles is 1. The van der Waals surface area contributed by atoms with Crippen LogP contribution in [0.2, 0.25) is 0 Å². The van der Waals surface area contributed by atoms with Gasteiger partial charge in [-0.3, -0.25) is 0 Å². The molecule has 0 rings (SSSR count). The second kappa shape index (κ2) is 12.9. The van der Waals surface area contributed by atoms with Crippen molar-refractivity contribution in [3.8, 4) is 6.07 Å². The molecule has 1 atom stereocenters. The molecule has 70 valence electrons. The number of hydrogen-bond donors (Lipinski definition) is 0. The summed E-state index contributed by atoms with van der Waals surface area (Å²) in [6.07, 6.45) is 7.68. The molecule has 1 nitrogen and oxygen atoms in total. The van der Waals surface area contributed by atoms with E-state index in [-0.39, 0.29) is 5.92 Å². The molecule has 0 N–H and O–H groups in total. The van der Waals surface area contributed by atoms with E-state index in [0.717, 1.165) is 6.42 Å². The normalized spacial score (nSPS) is 11.6. The average molecular weight is 167 g/mol. The third-order valence-corrected chi connectivity index (χ3v) is 1.47. The van der Waals surface area contributed by atoms with Crippen LogP contribution in [0.5, 0.6) is 0 Å². The molecule has 0 aromatic heterocycles. The zero-order valence-electron chi connectivity index (χ0n) is 8.80. The second-order valence-electron chi connectivity index (χ2n) is 2.73. The summed E-state index contributed by atoms with van der Waals surface area (Å²) >= 11 is 0. The van der Waals surface area contributed by atoms with Crippen molar-refractivity contribution in [1.82, 2.24) is 0 Å². The second-order valence-corrected chi connectivity index (χ2v) is 2.73. The zero-order valence-corrected chi connectivity index (χ0v) is 8.80. The summed E-state index contributed by atoms with van der Waals surface area (Å²) in [7, 11) is 0. The molecule has 0 aromatic rings. The van der Waals surface area contributed by atoms with Crippen LogP contribution in [0.1, 0.15) is 47.0 Å². The van der Waals surface area contributed by atoms with Gasteiger partial charge >= 0.3 is 0 Å². The molecule has 0 amide bonds. The molecular weight excluding hydrogens is 146 g/mol. The van der Waals surface area contributed by atoms with Crippen molar-refractivity contribution in [3.05, 3.63) is 12.2 Å². The van der Waals surface area contributed by atoms with Gasteiger partial charge in [0, 0.05) is 5.92 Å². The number of nitrogens with zero attached hydrogens (tertiary/aromatic N) is 1. The van der Waals surface area contributed by atoms with Crippen molar-refractivity contribution in [2.75, 3.05) is 0 Å². The Kier molecular flexibility index (Phi) is 14.8. The molecule has 0 aliphatic rings. The average Bonchev–Trinajstić information content (AvgIpc) is 2.14. The number of rotatable bonds is 3. The fourth-order valence-corrected chi connectivity index (χ4v) is 0.425. The van der Waals surface area contributed by atoms with Crippen molar-refractivity contribution in [2.45, 2.75) is 47.0 Å². The molecule has 0 fully saturated rings. The van der Waals surface area contributed by atoms with Crippen LogP contribution in [0.4, 0.5) is 0 Å². The summed E-state index contributed by atoms with van der Waals surface area (Å²) in [6, 6.07) is 2.11. The third kappa shape index (κ3) is 16.1. The Labute approximate surface area is 77.1 Å². The predicted octanol–water partition coefficient (Wildman–Crippen LogP) is 3.92. The third-order valence-electron chi connectivity index (χ3n) is 1.47. The summed E-state index contributed by atoms with van der Waals surface area (Å²) in [5, 5.41) is 8.08. The van der Waals surface area contributed by atoms with E-state index in [1.54, 1.807) is 0 Å². The Morgan fingerprint density at radius 1 is 1.17 bits per heavy atom. The van der Waals surface area contributed by atoms with Gasteiger partial charge in [-0.05, 0) is 26.2 Å². The lowest BCUT2D eigenvalue weighted by Crippen LogP contribution is -1.81. The number of allylic oxidation sites excluding steroid dienone is 2. The fourth-order valence-electron chi connectivity index (χ4n) is 0.425. The minimum absolute atomic E-state index is 0.241.